The van der Waals surface area contributed by atoms with Crippen LogP contribution in [0.1, 0.15) is 20.7 Å². The molecule has 2 fully saturated rings. The summed E-state index contributed by atoms with van der Waals surface area (Å²) in [6.07, 6.45) is 3.52. The number of halogens is 1. The van der Waals surface area contributed by atoms with Gasteiger partial charge in [0.25, 0.3) is 11.8 Å². The van der Waals surface area contributed by atoms with Crippen LogP contribution < -0.4 is 31.5 Å². The van der Waals surface area contributed by atoms with Crippen molar-refractivity contribution in [3.8, 4) is 11.5 Å². The van der Waals surface area contributed by atoms with Gasteiger partial charge in [0.05, 0.1) is 51.6 Å². The molecule has 0 radical (unpaired) electrons. The van der Waals surface area contributed by atoms with E-state index >= 15 is 0 Å². The van der Waals surface area contributed by atoms with Crippen molar-refractivity contribution < 1.29 is 19.8 Å². The summed E-state index contributed by atoms with van der Waals surface area (Å²) in [5.74, 6) is 2.69. The smallest absolute Gasteiger partial charge is 0.257 e. The Labute approximate surface area is 378 Å². The van der Waals surface area contributed by atoms with Gasteiger partial charge >= 0.3 is 0 Å². The highest BCUT2D eigenvalue weighted by atomic mass is 79.9. The van der Waals surface area contributed by atoms with Crippen LogP contribution in [0.3, 0.4) is 0 Å². The Bertz CT molecular complexity index is 2660. The van der Waals surface area contributed by atoms with Gasteiger partial charge in [0, 0.05) is 69.2 Å². The Morgan fingerprint density at radius 2 is 0.968 bits per heavy atom. The van der Waals surface area contributed by atoms with Crippen molar-refractivity contribution in [1.29, 1.82) is 0 Å². The molecule has 6 heterocycles. The largest absolute Gasteiger partial charge is 0.505 e. The first-order valence-electron chi connectivity index (χ1n) is 19.7. The van der Waals surface area contributed by atoms with Gasteiger partial charge in [0.2, 0.25) is 0 Å². The molecule has 2 amide bonds. The topological polar surface area (TPSA) is 227 Å². The molecule has 0 aliphatic carbocycles. The number of nitrogens with one attached hydrogen (secondary N) is 3. The molecule has 4 aromatic heterocycles. The van der Waals surface area contributed by atoms with Crippen molar-refractivity contribution in [2.45, 2.75) is 0 Å². The second-order valence-corrected chi connectivity index (χ2v) is 16.1. The number of hydrogen-bond acceptors (Lipinski definition) is 18. The zero-order valence-corrected chi connectivity index (χ0v) is 36.7. The molecule has 7 N–H and O–H groups in total. The summed E-state index contributed by atoms with van der Waals surface area (Å²) in [5.41, 5.74) is 7.77. The number of rotatable bonds is 10. The number of phenolic OH excluding ortho intramolecular Hbond substituents is 2. The monoisotopic (exact) mass is 948 g/mol. The number of amides is 2. The maximum absolute atomic E-state index is 13.2. The van der Waals surface area contributed by atoms with Gasteiger partial charge in [0.15, 0.2) is 34.8 Å². The van der Waals surface area contributed by atoms with Gasteiger partial charge in [-0.05, 0) is 76.6 Å². The number of phenols is 2. The van der Waals surface area contributed by atoms with E-state index in [1.165, 1.54) is 0 Å². The second-order valence-electron chi connectivity index (χ2n) is 14.2. The summed E-state index contributed by atoms with van der Waals surface area (Å²) >= 11 is 5.52. The van der Waals surface area contributed by atoms with Crippen LogP contribution in [0.2, 0.25) is 0 Å². The van der Waals surface area contributed by atoms with Gasteiger partial charge in [0.1, 0.15) is 11.6 Å². The first-order chi connectivity index (χ1) is 30.7. The number of aromatic nitrogens is 6. The SMILES string of the molecule is Nc1nsnc1Nc1cccc(C(=O)N2CCN(c3ccccn3)CC2)c1O.O=C(c1cccc(Nc2nsnc2Nc2ccccc2Br)c1O)N1CCN(c2ccccn2)CC1. The normalized spacial score (nSPS) is 13.8. The van der Waals surface area contributed by atoms with Gasteiger partial charge in [-0.1, -0.05) is 36.4 Å². The van der Waals surface area contributed by atoms with Crippen LogP contribution in [0, 0.1) is 0 Å². The van der Waals surface area contributed by atoms with Crippen LogP contribution in [0.5, 0.6) is 11.5 Å². The van der Waals surface area contributed by atoms with E-state index in [1.807, 2.05) is 60.7 Å². The van der Waals surface area contributed by atoms with E-state index < -0.39 is 0 Å². The minimum atomic E-state index is -0.216. The van der Waals surface area contributed by atoms with Crippen molar-refractivity contribution in [3.05, 3.63) is 125 Å². The van der Waals surface area contributed by atoms with Gasteiger partial charge in [-0.15, -0.1) is 0 Å². The molecule has 18 nitrogen and oxygen atoms in total. The number of nitrogens with two attached hydrogens (primary N) is 1. The van der Waals surface area contributed by atoms with E-state index in [2.05, 4.69) is 69.1 Å². The molecule has 3 aromatic carbocycles. The fourth-order valence-corrected chi connectivity index (χ4v) is 8.20. The first-order valence-corrected chi connectivity index (χ1v) is 22.0. The summed E-state index contributed by atoms with van der Waals surface area (Å²) in [4.78, 5) is 42.7. The zero-order chi connectivity index (χ0) is 43.7. The number of para-hydroxylation sites is 3. The van der Waals surface area contributed by atoms with E-state index in [1.54, 1.807) is 58.6 Å². The van der Waals surface area contributed by atoms with Crippen LogP contribution in [-0.2, 0) is 0 Å². The van der Waals surface area contributed by atoms with Gasteiger partial charge in [-0.25, -0.2) is 9.97 Å². The van der Waals surface area contributed by atoms with Crippen LogP contribution in [0.4, 0.5) is 52.0 Å². The molecule has 9 rings (SSSR count). The summed E-state index contributed by atoms with van der Waals surface area (Å²) in [6.45, 7) is 4.91. The molecular formula is C42H41BrN14O4S2. The molecule has 0 unspecified atom stereocenters. The van der Waals surface area contributed by atoms with Crippen LogP contribution >= 0.6 is 39.4 Å². The summed E-state index contributed by atoms with van der Waals surface area (Å²) < 4.78 is 17.4. The highest BCUT2D eigenvalue weighted by Crippen LogP contribution is 2.36. The van der Waals surface area contributed by atoms with Crippen LogP contribution in [0.15, 0.2) is 114 Å². The van der Waals surface area contributed by atoms with Gasteiger partial charge < -0.3 is 51.5 Å². The number of nitrogen functional groups attached to an aromatic ring is 1. The number of anilines is 9. The Morgan fingerprint density at radius 1 is 0.540 bits per heavy atom. The number of nitrogens with zero attached hydrogens (tertiary/aromatic N) is 10. The van der Waals surface area contributed by atoms with Crippen molar-refractivity contribution in [2.75, 3.05) is 83.8 Å². The van der Waals surface area contributed by atoms with Crippen molar-refractivity contribution in [3.63, 3.8) is 0 Å². The highest BCUT2D eigenvalue weighted by molar-refractivity contribution is 9.10. The summed E-state index contributed by atoms with van der Waals surface area (Å²) in [6, 6.07) is 29.3. The lowest BCUT2D eigenvalue weighted by atomic mass is 10.1. The van der Waals surface area contributed by atoms with Crippen molar-refractivity contribution in [1.82, 2.24) is 37.3 Å². The number of pyridine rings is 2. The molecule has 21 heteroatoms. The summed E-state index contributed by atoms with van der Waals surface area (Å²) in [7, 11) is 0. The Morgan fingerprint density at radius 3 is 1.43 bits per heavy atom. The van der Waals surface area contributed by atoms with Crippen LogP contribution in [-0.4, -0.2) is 112 Å². The average molecular weight is 950 g/mol. The maximum atomic E-state index is 13.2. The van der Waals surface area contributed by atoms with E-state index in [0.717, 1.165) is 45.3 Å². The van der Waals surface area contributed by atoms with Crippen molar-refractivity contribution in [2.24, 2.45) is 0 Å². The molecule has 0 atom stereocenters. The lowest BCUT2D eigenvalue weighted by Gasteiger charge is -2.35. The third kappa shape index (κ3) is 10.0. The molecule has 2 aliphatic rings. The maximum Gasteiger partial charge on any atom is 0.257 e. The van der Waals surface area contributed by atoms with Crippen LogP contribution in [0.25, 0.3) is 0 Å². The summed E-state index contributed by atoms with van der Waals surface area (Å²) in [5, 5.41) is 30.8. The third-order valence-corrected chi connectivity index (χ3v) is 12.0. The van der Waals surface area contributed by atoms with E-state index in [0.29, 0.717) is 81.2 Å². The first kappa shape index (κ1) is 42.6. The molecule has 0 saturated carbocycles. The number of carbonyl (C=O) groups excluding carboxylic acids is 2. The fourth-order valence-electron chi connectivity index (χ4n) is 6.91. The second kappa shape index (κ2) is 19.7. The number of benzene rings is 3. The minimum absolute atomic E-state index is 0.121. The number of piperazine rings is 2. The molecule has 2 saturated heterocycles. The Kier molecular flexibility index (Phi) is 13.3. The molecule has 63 heavy (non-hydrogen) atoms. The number of hydrogen-bond donors (Lipinski definition) is 6. The number of aromatic hydroxyl groups is 2. The quantitative estimate of drug-likeness (QED) is 0.0777. The molecule has 0 spiro atoms. The minimum Gasteiger partial charge on any atom is -0.505 e. The van der Waals surface area contributed by atoms with Gasteiger partial charge in [-0.3, -0.25) is 9.59 Å². The standard InChI is InChI=1S/C24H22BrN7O2S.C18H19N7O2S/c25-17-7-1-2-8-18(17)27-22-23(30-35-29-22)28-19-9-5-6-16(21(19)33)24(34)32-14-12-31(13-15-32)20-10-3-4-11-26-20;19-16-17(23-28-22-16)21-13-5-3-4-12(15(13)26)18(27)25-10-8-24(9-11-25)14-6-1-2-7-20-14/h1-11,33H,12-15H2,(H,27,29)(H,28,30);1-7,26H,8-11H2,(H2,19,22)(H,21,23). The fraction of sp³-hybridized carbons (Fsp3) is 0.190. The van der Waals surface area contributed by atoms with E-state index in [9.17, 15) is 19.8 Å². The van der Waals surface area contributed by atoms with Gasteiger partial charge in [-0.2, -0.15) is 17.5 Å². The zero-order valence-electron chi connectivity index (χ0n) is 33.5. The number of carbonyl (C=O) groups is 2. The Hall–Kier alpha value is -7.10. The van der Waals surface area contributed by atoms with Crippen molar-refractivity contribution >= 4 is 103 Å². The van der Waals surface area contributed by atoms with E-state index in [4.69, 9.17) is 5.73 Å². The molecule has 0 bridgehead atoms. The highest BCUT2D eigenvalue weighted by Gasteiger charge is 2.27. The molecule has 7 aromatic rings. The average Bonchev–Trinajstić information content (AvgIpc) is 3.95. The Balaban J connectivity index is 0.000000177. The lowest BCUT2D eigenvalue weighted by Crippen LogP contribution is -2.49. The lowest BCUT2D eigenvalue weighted by molar-refractivity contribution is 0.0735. The third-order valence-electron chi connectivity index (χ3n) is 10.2. The van der Waals surface area contributed by atoms with E-state index in [-0.39, 0.29) is 40.3 Å². The predicted octanol–water partition coefficient (Wildman–Crippen LogP) is 6.78. The molecule has 322 valence electrons. The molecule has 2 aliphatic heterocycles. The molecular weight excluding hydrogens is 909 g/mol. The predicted molar refractivity (Wildman–Crippen MR) is 249 cm³/mol.